The molecular formula is C36H55ClN6O3S. The number of rotatable bonds is 20. The quantitative estimate of drug-likeness (QED) is 0.0524. The second-order valence-corrected chi connectivity index (χ2v) is 13.3. The number of hydrogen-bond acceptors (Lipinski definition) is 8. The Hall–Kier alpha value is -3.63. The van der Waals surface area contributed by atoms with Gasteiger partial charge >= 0.3 is 0 Å². The van der Waals surface area contributed by atoms with Gasteiger partial charge in [-0.3, -0.25) is 4.79 Å². The number of nitrogens with zero attached hydrogens (tertiary/aromatic N) is 2. The standard InChI is InChI=1S/C24H42N2O3S.C12H12N4.ClH/c1-2-3-4-5-6-7-8-9-10-11-12-13-14-15-16-17-24(27)26-30(28,29)23-20-18-22(25)19-21-23;13-9-6-7-12(11(14)8-9)16-15-10-4-2-1-3-5-10;/h18-21H,2-17,25H2,1H3,(H,26,27);1-8H,13-14H2;1H/b;16-15+;. The number of nitrogens with two attached hydrogens (primary N) is 3. The van der Waals surface area contributed by atoms with Gasteiger partial charge in [0.2, 0.25) is 5.91 Å². The number of benzene rings is 3. The molecule has 9 nitrogen and oxygen atoms in total. The fourth-order valence-electron chi connectivity index (χ4n) is 4.83. The van der Waals surface area contributed by atoms with Gasteiger partial charge in [0.1, 0.15) is 5.69 Å². The van der Waals surface area contributed by atoms with Crippen molar-refractivity contribution in [3.8, 4) is 0 Å². The number of carbonyl (C=O) groups is 1. The van der Waals surface area contributed by atoms with E-state index in [9.17, 15) is 13.2 Å². The lowest BCUT2D eigenvalue weighted by atomic mass is 10.0. The van der Waals surface area contributed by atoms with Crippen molar-refractivity contribution in [2.24, 2.45) is 10.2 Å². The smallest absolute Gasteiger partial charge is 0.264 e. The van der Waals surface area contributed by atoms with Crippen LogP contribution in [0.2, 0.25) is 0 Å². The Balaban J connectivity index is 0.000000544. The number of nitrogen functional groups attached to an aromatic ring is 3. The maximum atomic E-state index is 12.1. The van der Waals surface area contributed by atoms with Gasteiger partial charge in [-0.05, 0) is 61.0 Å². The Labute approximate surface area is 288 Å². The monoisotopic (exact) mass is 686 g/mol. The molecule has 0 saturated heterocycles. The summed E-state index contributed by atoms with van der Waals surface area (Å²) in [7, 11) is -3.80. The zero-order valence-electron chi connectivity index (χ0n) is 27.9. The minimum Gasteiger partial charge on any atom is -0.399 e. The Morgan fingerprint density at radius 1 is 0.638 bits per heavy atom. The first-order valence-corrected chi connectivity index (χ1v) is 18.2. The summed E-state index contributed by atoms with van der Waals surface area (Å²) in [5.74, 6) is -0.443. The van der Waals surface area contributed by atoms with E-state index in [1.807, 2.05) is 30.3 Å². The second kappa shape index (κ2) is 24.5. The van der Waals surface area contributed by atoms with Crippen LogP contribution in [-0.2, 0) is 14.8 Å². The lowest BCUT2D eigenvalue weighted by molar-refractivity contribution is -0.119. The minimum atomic E-state index is -3.80. The molecule has 0 aliphatic rings. The lowest BCUT2D eigenvalue weighted by Crippen LogP contribution is -2.30. The molecule has 0 spiro atoms. The third-order valence-electron chi connectivity index (χ3n) is 7.53. The summed E-state index contributed by atoms with van der Waals surface area (Å²) in [4.78, 5) is 12.0. The summed E-state index contributed by atoms with van der Waals surface area (Å²) in [6, 6.07) is 20.5. The van der Waals surface area contributed by atoms with Crippen LogP contribution in [0.15, 0.2) is 87.9 Å². The van der Waals surface area contributed by atoms with Gasteiger partial charge in [-0.15, -0.1) is 17.5 Å². The molecule has 0 unspecified atom stereocenters. The SMILES string of the molecule is CCCCCCCCCCCCCCCCCC(=O)NS(=O)(=O)c1ccc(N)cc1.Cl.Nc1ccc(/N=N/c2ccccc2)c(N)c1. The number of halogens is 1. The highest BCUT2D eigenvalue weighted by atomic mass is 35.5. The van der Waals surface area contributed by atoms with E-state index < -0.39 is 15.9 Å². The van der Waals surface area contributed by atoms with E-state index in [2.05, 4.69) is 21.9 Å². The van der Waals surface area contributed by atoms with E-state index in [0.717, 1.165) is 24.9 Å². The molecule has 0 aliphatic heterocycles. The summed E-state index contributed by atoms with van der Waals surface area (Å²) in [6.45, 7) is 2.26. The molecule has 0 atom stereocenters. The zero-order chi connectivity index (χ0) is 33.5. The Kier molecular flexibility index (Phi) is 21.6. The van der Waals surface area contributed by atoms with Crippen LogP contribution < -0.4 is 21.9 Å². The van der Waals surface area contributed by atoms with Crippen LogP contribution in [0.3, 0.4) is 0 Å². The van der Waals surface area contributed by atoms with Gasteiger partial charge in [0, 0.05) is 17.8 Å². The molecule has 11 heteroatoms. The predicted molar refractivity (Wildman–Crippen MR) is 199 cm³/mol. The Morgan fingerprint density at radius 3 is 1.64 bits per heavy atom. The van der Waals surface area contributed by atoms with Crippen molar-refractivity contribution in [3.63, 3.8) is 0 Å². The van der Waals surface area contributed by atoms with Gasteiger partial charge in [-0.25, -0.2) is 13.1 Å². The van der Waals surface area contributed by atoms with Crippen molar-refractivity contribution < 1.29 is 13.2 Å². The third-order valence-corrected chi connectivity index (χ3v) is 8.92. The first-order valence-electron chi connectivity index (χ1n) is 16.7. The molecule has 260 valence electrons. The topological polar surface area (TPSA) is 166 Å². The average molecular weight is 687 g/mol. The largest absolute Gasteiger partial charge is 0.399 e. The molecule has 3 aromatic carbocycles. The fraction of sp³-hybridized carbons (Fsp3) is 0.472. The maximum absolute atomic E-state index is 12.1. The third kappa shape index (κ3) is 18.9. The van der Waals surface area contributed by atoms with Gasteiger partial charge in [0.05, 0.1) is 16.3 Å². The molecule has 0 fully saturated rings. The number of hydrogen-bond donors (Lipinski definition) is 4. The maximum Gasteiger partial charge on any atom is 0.264 e. The fourth-order valence-corrected chi connectivity index (χ4v) is 5.85. The molecule has 0 aromatic heterocycles. The second-order valence-electron chi connectivity index (χ2n) is 11.7. The summed E-state index contributed by atoms with van der Waals surface area (Å²) >= 11 is 0. The highest BCUT2D eigenvalue weighted by Gasteiger charge is 2.16. The molecule has 3 aromatic rings. The number of nitrogens with one attached hydrogen (secondary N) is 1. The highest BCUT2D eigenvalue weighted by molar-refractivity contribution is 7.90. The molecular weight excluding hydrogens is 632 g/mol. The molecule has 3 rings (SSSR count). The van der Waals surface area contributed by atoms with Crippen molar-refractivity contribution >= 4 is 56.8 Å². The molecule has 0 bridgehead atoms. The van der Waals surface area contributed by atoms with Gasteiger partial charge in [0.25, 0.3) is 10.0 Å². The number of sulfonamides is 1. The van der Waals surface area contributed by atoms with Crippen LogP contribution >= 0.6 is 12.4 Å². The van der Waals surface area contributed by atoms with Crippen molar-refractivity contribution in [2.75, 3.05) is 17.2 Å². The molecule has 1 amide bonds. The molecule has 0 radical (unpaired) electrons. The van der Waals surface area contributed by atoms with Crippen LogP contribution in [0.25, 0.3) is 0 Å². The van der Waals surface area contributed by atoms with Gasteiger partial charge < -0.3 is 17.2 Å². The molecule has 0 saturated carbocycles. The molecule has 47 heavy (non-hydrogen) atoms. The minimum absolute atomic E-state index is 0. The number of azo groups is 1. The molecule has 0 heterocycles. The van der Waals surface area contributed by atoms with Crippen LogP contribution in [0.1, 0.15) is 110 Å². The van der Waals surface area contributed by atoms with E-state index in [1.165, 1.54) is 101 Å². The summed E-state index contributed by atoms with van der Waals surface area (Å²) in [6.07, 6.45) is 19.2. The van der Waals surface area contributed by atoms with Crippen LogP contribution in [0, 0.1) is 0 Å². The van der Waals surface area contributed by atoms with E-state index in [0.29, 0.717) is 22.7 Å². The number of anilines is 3. The molecule has 7 N–H and O–H groups in total. The lowest BCUT2D eigenvalue weighted by Gasteiger charge is -2.07. The Bertz CT molecular complexity index is 1400. The van der Waals surface area contributed by atoms with Gasteiger partial charge in [0.15, 0.2) is 0 Å². The summed E-state index contributed by atoms with van der Waals surface area (Å²) < 4.78 is 26.4. The van der Waals surface area contributed by atoms with Crippen LogP contribution in [0.5, 0.6) is 0 Å². The van der Waals surface area contributed by atoms with Gasteiger partial charge in [-0.1, -0.05) is 115 Å². The van der Waals surface area contributed by atoms with E-state index in [4.69, 9.17) is 17.2 Å². The van der Waals surface area contributed by atoms with Crippen molar-refractivity contribution in [1.29, 1.82) is 0 Å². The Morgan fingerprint density at radius 2 is 1.13 bits per heavy atom. The summed E-state index contributed by atoms with van der Waals surface area (Å²) in [5, 5.41) is 8.13. The van der Waals surface area contributed by atoms with Gasteiger partial charge in [-0.2, -0.15) is 5.11 Å². The van der Waals surface area contributed by atoms with Crippen molar-refractivity contribution in [1.82, 2.24) is 4.72 Å². The van der Waals surface area contributed by atoms with Crippen LogP contribution in [-0.4, -0.2) is 14.3 Å². The molecule has 0 aliphatic carbocycles. The average Bonchev–Trinajstić information content (AvgIpc) is 3.03. The number of carbonyl (C=O) groups excluding carboxylic acids is 1. The first kappa shape index (κ1) is 41.4. The summed E-state index contributed by atoms with van der Waals surface area (Å²) in [5.41, 5.74) is 19.9. The first-order chi connectivity index (χ1) is 22.2. The number of amides is 1. The highest BCUT2D eigenvalue weighted by Crippen LogP contribution is 2.26. The van der Waals surface area contributed by atoms with E-state index >= 15 is 0 Å². The van der Waals surface area contributed by atoms with E-state index in [1.54, 1.807) is 18.2 Å². The van der Waals surface area contributed by atoms with E-state index in [-0.39, 0.29) is 23.7 Å². The van der Waals surface area contributed by atoms with Crippen molar-refractivity contribution in [3.05, 3.63) is 72.8 Å². The number of unbranched alkanes of at least 4 members (excludes halogenated alkanes) is 14. The normalized spacial score (nSPS) is 11.0. The van der Waals surface area contributed by atoms with Crippen LogP contribution in [0.4, 0.5) is 28.4 Å². The van der Waals surface area contributed by atoms with Crippen molar-refractivity contribution in [2.45, 2.75) is 115 Å². The predicted octanol–water partition coefficient (Wildman–Crippen LogP) is 10.0. The zero-order valence-corrected chi connectivity index (χ0v) is 29.5.